The molecule has 2 heteroatoms. The van der Waals surface area contributed by atoms with Gasteiger partial charge in [-0.2, -0.15) is 0 Å². The van der Waals surface area contributed by atoms with E-state index in [9.17, 15) is 0 Å². The van der Waals surface area contributed by atoms with Crippen LogP contribution in [0.15, 0.2) is 12.7 Å². The third-order valence-electron chi connectivity index (χ3n) is 2.95. The number of hydrogen-bond donors (Lipinski definition) is 2. The maximum absolute atomic E-state index is 5.80. The summed E-state index contributed by atoms with van der Waals surface area (Å²) in [5.41, 5.74) is 6.01. The third kappa shape index (κ3) is 1.87. The molecule has 1 aliphatic carbocycles. The summed E-state index contributed by atoms with van der Waals surface area (Å²) in [4.78, 5) is 0. The summed E-state index contributed by atoms with van der Waals surface area (Å²) >= 11 is 0. The van der Waals surface area contributed by atoms with Crippen LogP contribution in [0.25, 0.3) is 0 Å². The van der Waals surface area contributed by atoms with Gasteiger partial charge in [0.15, 0.2) is 0 Å². The van der Waals surface area contributed by atoms with Gasteiger partial charge in [-0.25, -0.2) is 0 Å². The van der Waals surface area contributed by atoms with E-state index < -0.39 is 0 Å². The van der Waals surface area contributed by atoms with Crippen LogP contribution in [0, 0.1) is 5.92 Å². The minimum Gasteiger partial charge on any atom is -0.329 e. The van der Waals surface area contributed by atoms with Gasteiger partial charge in [0.25, 0.3) is 0 Å². The zero-order valence-electron chi connectivity index (χ0n) is 7.97. The van der Waals surface area contributed by atoms with Crippen LogP contribution in [0.2, 0.25) is 0 Å². The zero-order chi connectivity index (χ0) is 9.03. The smallest absolute Gasteiger partial charge is 0.0332 e. The van der Waals surface area contributed by atoms with Crippen molar-refractivity contribution in [3.8, 4) is 0 Å². The molecule has 0 aromatic heterocycles. The van der Waals surface area contributed by atoms with Gasteiger partial charge in [-0.1, -0.05) is 13.0 Å². The molecule has 0 spiro atoms. The maximum Gasteiger partial charge on any atom is 0.0332 e. The predicted molar refractivity (Wildman–Crippen MR) is 53.0 cm³/mol. The van der Waals surface area contributed by atoms with Crippen LogP contribution in [-0.4, -0.2) is 18.6 Å². The number of nitrogens with two attached hydrogens (primary N) is 1. The second-order valence-corrected chi connectivity index (χ2v) is 3.66. The van der Waals surface area contributed by atoms with Crippen molar-refractivity contribution < 1.29 is 0 Å². The van der Waals surface area contributed by atoms with Crippen LogP contribution in [0.1, 0.15) is 26.2 Å². The van der Waals surface area contributed by atoms with Crippen molar-refractivity contribution in [2.75, 3.05) is 13.1 Å². The zero-order valence-corrected chi connectivity index (χ0v) is 7.97. The van der Waals surface area contributed by atoms with Crippen LogP contribution in [0.5, 0.6) is 0 Å². The third-order valence-corrected chi connectivity index (χ3v) is 2.95. The van der Waals surface area contributed by atoms with Gasteiger partial charge in [-0.05, 0) is 25.2 Å². The van der Waals surface area contributed by atoms with E-state index in [0.717, 1.165) is 25.4 Å². The van der Waals surface area contributed by atoms with Crippen molar-refractivity contribution >= 4 is 0 Å². The van der Waals surface area contributed by atoms with Crippen molar-refractivity contribution in [3.05, 3.63) is 12.7 Å². The molecule has 12 heavy (non-hydrogen) atoms. The lowest BCUT2D eigenvalue weighted by Gasteiger charge is -2.32. The van der Waals surface area contributed by atoms with Gasteiger partial charge in [-0.3, -0.25) is 0 Å². The van der Waals surface area contributed by atoms with E-state index in [-0.39, 0.29) is 5.54 Å². The molecular formula is C10H20N2. The molecule has 3 N–H and O–H groups in total. The summed E-state index contributed by atoms with van der Waals surface area (Å²) in [6.07, 6.45) is 5.72. The van der Waals surface area contributed by atoms with E-state index in [1.54, 1.807) is 0 Å². The van der Waals surface area contributed by atoms with Crippen molar-refractivity contribution in [1.82, 2.24) is 5.32 Å². The summed E-state index contributed by atoms with van der Waals surface area (Å²) in [6.45, 7) is 7.55. The Labute approximate surface area is 75.2 Å². The lowest BCUT2D eigenvalue weighted by molar-refractivity contribution is 0.290. The summed E-state index contributed by atoms with van der Waals surface area (Å²) in [5, 5.41) is 3.50. The van der Waals surface area contributed by atoms with Gasteiger partial charge >= 0.3 is 0 Å². The average Bonchev–Trinajstić information content (AvgIpc) is 2.91. The van der Waals surface area contributed by atoms with Crippen LogP contribution in [0.4, 0.5) is 0 Å². The summed E-state index contributed by atoms with van der Waals surface area (Å²) < 4.78 is 0. The standard InChI is InChI=1S/C10H20N2/c1-3-7-12-10(4-2,8-11)9-5-6-9/h3,9,12H,1,4-8,11H2,2H3. The molecule has 1 aliphatic rings. The molecule has 0 aromatic rings. The topological polar surface area (TPSA) is 38.0 Å². The SMILES string of the molecule is C=CCNC(CC)(CN)C1CC1. The summed E-state index contributed by atoms with van der Waals surface area (Å²) in [7, 11) is 0. The fourth-order valence-corrected chi connectivity index (χ4v) is 1.85. The molecule has 1 rings (SSSR count). The molecule has 0 saturated heterocycles. The molecule has 0 aromatic carbocycles. The van der Waals surface area contributed by atoms with Gasteiger partial charge in [-0.15, -0.1) is 6.58 Å². The highest BCUT2D eigenvalue weighted by Crippen LogP contribution is 2.40. The molecule has 70 valence electrons. The monoisotopic (exact) mass is 168 g/mol. The van der Waals surface area contributed by atoms with Crippen molar-refractivity contribution in [3.63, 3.8) is 0 Å². The molecule has 1 unspecified atom stereocenters. The highest BCUT2D eigenvalue weighted by atomic mass is 15.0. The molecule has 0 bridgehead atoms. The van der Waals surface area contributed by atoms with Crippen LogP contribution in [0.3, 0.4) is 0 Å². The molecule has 0 aliphatic heterocycles. The van der Waals surface area contributed by atoms with E-state index in [1.165, 1.54) is 12.8 Å². The largest absolute Gasteiger partial charge is 0.329 e. The number of rotatable bonds is 6. The molecule has 1 fully saturated rings. The van der Waals surface area contributed by atoms with Crippen LogP contribution >= 0.6 is 0 Å². The fraction of sp³-hybridized carbons (Fsp3) is 0.800. The Balaban J connectivity index is 2.49. The second-order valence-electron chi connectivity index (χ2n) is 3.66. The van der Waals surface area contributed by atoms with E-state index >= 15 is 0 Å². The van der Waals surface area contributed by atoms with E-state index in [0.29, 0.717) is 0 Å². The predicted octanol–water partition coefficient (Wildman–Crippen LogP) is 1.28. The van der Waals surface area contributed by atoms with Crippen molar-refractivity contribution in [2.24, 2.45) is 11.7 Å². The van der Waals surface area contributed by atoms with Crippen LogP contribution < -0.4 is 11.1 Å². The molecule has 2 nitrogen and oxygen atoms in total. The first kappa shape index (κ1) is 9.75. The van der Waals surface area contributed by atoms with Gasteiger partial charge in [0.1, 0.15) is 0 Å². The van der Waals surface area contributed by atoms with E-state index in [4.69, 9.17) is 5.73 Å². The van der Waals surface area contributed by atoms with E-state index in [1.807, 2.05) is 6.08 Å². The highest BCUT2D eigenvalue weighted by molar-refractivity contribution is 5.01. The van der Waals surface area contributed by atoms with Crippen molar-refractivity contribution in [1.29, 1.82) is 0 Å². The van der Waals surface area contributed by atoms with Gasteiger partial charge in [0.05, 0.1) is 0 Å². The van der Waals surface area contributed by atoms with E-state index in [2.05, 4.69) is 18.8 Å². The normalized spacial score (nSPS) is 21.8. The Morgan fingerprint density at radius 2 is 2.33 bits per heavy atom. The van der Waals surface area contributed by atoms with Crippen LogP contribution in [-0.2, 0) is 0 Å². The first-order chi connectivity index (χ1) is 5.79. The average molecular weight is 168 g/mol. The first-order valence-corrected chi connectivity index (χ1v) is 4.85. The Morgan fingerprint density at radius 1 is 1.67 bits per heavy atom. The lowest BCUT2D eigenvalue weighted by Crippen LogP contribution is -2.52. The molecular weight excluding hydrogens is 148 g/mol. The maximum atomic E-state index is 5.80. The minimum atomic E-state index is 0.203. The molecule has 1 atom stereocenters. The second kappa shape index (κ2) is 4.06. The minimum absolute atomic E-state index is 0.203. The Kier molecular flexibility index (Phi) is 3.29. The quantitative estimate of drug-likeness (QED) is 0.586. The Morgan fingerprint density at radius 3 is 2.67 bits per heavy atom. The van der Waals surface area contributed by atoms with Gasteiger partial charge in [0, 0.05) is 18.6 Å². The fourth-order valence-electron chi connectivity index (χ4n) is 1.85. The van der Waals surface area contributed by atoms with Gasteiger partial charge in [0.2, 0.25) is 0 Å². The molecule has 0 radical (unpaired) electrons. The summed E-state index contributed by atoms with van der Waals surface area (Å²) in [5.74, 6) is 0.812. The van der Waals surface area contributed by atoms with Crippen molar-refractivity contribution in [2.45, 2.75) is 31.7 Å². The number of nitrogens with one attached hydrogen (secondary N) is 1. The molecule has 0 heterocycles. The first-order valence-electron chi connectivity index (χ1n) is 4.85. The van der Waals surface area contributed by atoms with Gasteiger partial charge < -0.3 is 11.1 Å². The molecule has 0 amide bonds. The Bertz CT molecular complexity index is 146. The summed E-state index contributed by atoms with van der Waals surface area (Å²) in [6, 6.07) is 0. The highest BCUT2D eigenvalue weighted by Gasteiger charge is 2.42. The lowest BCUT2D eigenvalue weighted by atomic mass is 9.90. The Hall–Kier alpha value is -0.340. The molecule has 1 saturated carbocycles. The number of hydrogen-bond acceptors (Lipinski definition) is 2.